The average Bonchev–Trinajstić information content (AvgIpc) is 2.49. The van der Waals surface area contributed by atoms with Gasteiger partial charge < -0.3 is 20.1 Å². The molecule has 0 aromatic heterocycles. The van der Waals surface area contributed by atoms with E-state index in [2.05, 4.69) is 10.6 Å². The van der Waals surface area contributed by atoms with E-state index in [1.807, 2.05) is 6.92 Å². The molecule has 1 saturated heterocycles. The summed E-state index contributed by atoms with van der Waals surface area (Å²) >= 11 is 0. The molecule has 1 aromatic carbocycles. The Kier molecular flexibility index (Phi) is 4.70. The van der Waals surface area contributed by atoms with Crippen molar-refractivity contribution in [3.63, 3.8) is 0 Å². The van der Waals surface area contributed by atoms with Gasteiger partial charge in [0.05, 0.1) is 19.3 Å². The van der Waals surface area contributed by atoms with Crippen molar-refractivity contribution in [2.75, 3.05) is 32.1 Å². The topological polar surface area (TPSA) is 76.7 Å². The van der Waals surface area contributed by atoms with Gasteiger partial charge >= 0.3 is 5.97 Å². The fourth-order valence-corrected chi connectivity index (χ4v) is 1.99. The maximum Gasteiger partial charge on any atom is 0.338 e. The molecule has 0 spiro atoms. The van der Waals surface area contributed by atoms with Crippen molar-refractivity contribution in [2.24, 2.45) is 0 Å². The van der Waals surface area contributed by atoms with Gasteiger partial charge in [0, 0.05) is 18.8 Å². The van der Waals surface area contributed by atoms with Crippen molar-refractivity contribution in [1.29, 1.82) is 0 Å². The van der Waals surface area contributed by atoms with Gasteiger partial charge in [0.1, 0.15) is 6.10 Å². The van der Waals surface area contributed by atoms with Gasteiger partial charge in [0.2, 0.25) is 0 Å². The highest BCUT2D eigenvalue weighted by molar-refractivity contribution is 5.97. The fraction of sp³-hybridized carbons (Fsp3) is 0.429. The van der Waals surface area contributed by atoms with Gasteiger partial charge in [-0.3, -0.25) is 4.79 Å². The summed E-state index contributed by atoms with van der Waals surface area (Å²) in [5.74, 6) is -0.647. The van der Waals surface area contributed by atoms with Crippen LogP contribution in [0.4, 0.5) is 5.69 Å². The number of carbonyl (C=O) groups is 2. The van der Waals surface area contributed by atoms with E-state index >= 15 is 0 Å². The molecule has 1 aromatic rings. The van der Waals surface area contributed by atoms with Crippen molar-refractivity contribution >= 4 is 17.6 Å². The number of aryl methyl sites for hydroxylation is 1. The second-order valence-corrected chi connectivity index (χ2v) is 4.57. The Morgan fingerprint density at radius 1 is 1.45 bits per heavy atom. The zero-order chi connectivity index (χ0) is 14.5. The molecule has 0 aliphatic carbocycles. The van der Waals surface area contributed by atoms with Crippen LogP contribution in [0.1, 0.15) is 15.9 Å². The highest BCUT2D eigenvalue weighted by Gasteiger charge is 2.22. The molecule has 1 unspecified atom stereocenters. The molecule has 0 bridgehead atoms. The summed E-state index contributed by atoms with van der Waals surface area (Å²) in [6, 6.07) is 5.12. The van der Waals surface area contributed by atoms with Crippen LogP contribution in [-0.2, 0) is 14.3 Å². The van der Waals surface area contributed by atoms with Gasteiger partial charge in [0.25, 0.3) is 5.91 Å². The number of benzene rings is 1. The highest BCUT2D eigenvalue weighted by Crippen LogP contribution is 2.17. The largest absolute Gasteiger partial charge is 0.465 e. The first-order chi connectivity index (χ1) is 9.61. The molecular formula is C14H18N2O4. The number of carbonyl (C=O) groups excluding carboxylic acids is 2. The molecule has 108 valence electrons. The van der Waals surface area contributed by atoms with Crippen LogP contribution >= 0.6 is 0 Å². The maximum atomic E-state index is 12.0. The molecule has 1 heterocycles. The summed E-state index contributed by atoms with van der Waals surface area (Å²) in [6.45, 7) is 3.56. The Balaban J connectivity index is 2.09. The van der Waals surface area contributed by atoms with E-state index in [9.17, 15) is 9.59 Å². The lowest BCUT2D eigenvalue weighted by Crippen LogP contribution is -2.45. The van der Waals surface area contributed by atoms with Crippen LogP contribution in [0.3, 0.4) is 0 Å². The van der Waals surface area contributed by atoms with Crippen LogP contribution in [0.5, 0.6) is 0 Å². The van der Waals surface area contributed by atoms with Crippen molar-refractivity contribution in [3.05, 3.63) is 29.3 Å². The summed E-state index contributed by atoms with van der Waals surface area (Å²) < 4.78 is 10.1. The summed E-state index contributed by atoms with van der Waals surface area (Å²) in [5, 5.41) is 5.84. The minimum Gasteiger partial charge on any atom is -0.465 e. The third-order valence-corrected chi connectivity index (χ3v) is 3.13. The van der Waals surface area contributed by atoms with Crippen LogP contribution in [0, 0.1) is 6.92 Å². The van der Waals surface area contributed by atoms with E-state index in [-0.39, 0.29) is 5.91 Å². The van der Waals surface area contributed by atoms with E-state index in [4.69, 9.17) is 9.47 Å². The SMILES string of the molecule is COC(=O)c1cc(NC(=O)C2CNCCO2)ccc1C. The van der Waals surface area contributed by atoms with Gasteiger partial charge in [-0.25, -0.2) is 4.79 Å². The lowest BCUT2D eigenvalue weighted by atomic mass is 10.1. The number of amides is 1. The molecule has 6 heteroatoms. The summed E-state index contributed by atoms with van der Waals surface area (Å²) in [6.07, 6.45) is -0.508. The van der Waals surface area contributed by atoms with E-state index in [1.165, 1.54) is 7.11 Å². The molecule has 1 aliphatic rings. The molecule has 1 aliphatic heterocycles. The summed E-state index contributed by atoms with van der Waals surface area (Å²) in [7, 11) is 1.33. The first-order valence-electron chi connectivity index (χ1n) is 6.44. The second kappa shape index (κ2) is 6.49. The molecule has 1 amide bonds. The molecule has 1 fully saturated rings. The van der Waals surface area contributed by atoms with E-state index in [0.29, 0.717) is 24.4 Å². The van der Waals surface area contributed by atoms with Crippen LogP contribution in [-0.4, -0.2) is 44.8 Å². The molecule has 2 N–H and O–H groups in total. The number of methoxy groups -OCH3 is 1. The predicted molar refractivity (Wildman–Crippen MR) is 73.8 cm³/mol. The number of hydrogen-bond acceptors (Lipinski definition) is 5. The van der Waals surface area contributed by atoms with Crippen molar-refractivity contribution in [3.8, 4) is 0 Å². The minimum atomic E-state index is -0.508. The second-order valence-electron chi connectivity index (χ2n) is 4.57. The van der Waals surface area contributed by atoms with Gasteiger partial charge in [-0.1, -0.05) is 6.07 Å². The normalized spacial score (nSPS) is 18.4. The fourth-order valence-electron chi connectivity index (χ4n) is 1.99. The van der Waals surface area contributed by atoms with Gasteiger partial charge in [0.15, 0.2) is 0 Å². The van der Waals surface area contributed by atoms with Crippen molar-refractivity contribution in [1.82, 2.24) is 5.32 Å². The third-order valence-electron chi connectivity index (χ3n) is 3.13. The molecule has 1 atom stereocenters. The van der Waals surface area contributed by atoms with Crippen LogP contribution < -0.4 is 10.6 Å². The Labute approximate surface area is 117 Å². The number of rotatable bonds is 3. The summed E-state index contributed by atoms with van der Waals surface area (Å²) in [4.78, 5) is 23.6. The number of nitrogens with one attached hydrogen (secondary N) is 2. The van der Waals surface area contributed by atoms with Crippen LogP contribution in [0.2, 0.25) is 0 Å². The van der Waals surface area contributed by atoms with E-state index in [0.717, 1.165) is 12.1 Å². The smallest absolute Gasteiger partial charge is 0.338 e. The Bertz CT molecular complexity index is 510. The zero-order valence-electron chi connectivity index (χ0n) is 11.6. The van der Waals surface area contributed by atoms with Gasteiger partial charge in [-0.05, 0) is 24.6 Å². The number of anilines is 1. The zero-order valence-corrected chi connectivity index (χ0v) is 11.6. The minimum absolute atomic E-state index is 0.225. The Morgan fingerprint density at radius 3 is 2.90 bits per heavy atom. The first kappa shape index (κ1) is 14.5. The molecule has 6 nitrogen and oxygen atoms in total. The number of ether oxygens (including phenoxy) is 2. The molecule has 20 heavy (non-hydrogen) atoms. The van der Waals surface area contributed by atoms with Crippen molar-refractivity contribution in [2.45, 2.75) is 13.0 Å². The lowest BCUT2D eigenvalue weighted by Gasteiger charge is -2.22. The van der Waals surface area contributed by atoms with Crippen LogP contribution in [0.25, 0.3) is 0 Å². The predicted octanol–water partition coefficient (Wildman–Crippen LogP) is 0.709. The van der Waals surface area contributed by atoms with Crippen molar-refractivity contribution < 1.29 is 19.1 Å². The molecule has 2 rings (SSSR count). The molecular weight excluding hydrogens is 260 g/mol. The maximum absolute atomic E-state index is 12.0. The standard InChI is InChI=1S/C14H18N2O4/c1-9-3-4-10(7-11(9)14(18)19-2)16-13(17)12-8-15-5-6-20-12/h3-4,7,12,15H,5-6,8H2,1-2H3,(H,16,17). The molecule has 0 saturated carbocycles. The van der Waals surface area contributed by atoms with E-state index < -0.39 is 12.1 Å². The van der Waals surface area contributed by atoms with E-state index in [1.54, 1.807) is 18.2 Å². The number of morpholine rings is 1. The van der Waals surface area contributed by atoms with Crippen LogP contribution in [0.15, 0.2) is 18.2 Å². The Morgan fingerprint density at radius 2 is 2.25 bits per heavy atom. The average molecular weight is 278 g/mol. The molecule has 0 radical (unpaired) electrons. The highest BCUT2D eigenvalue weighted by atomic mass is 16.5. The quantitative estimate of drug-likeness (QED) is 0.796. The first-order valence-corrected chi connectivity index (χ1v) is 6.44. The number of esters is 1. The lowest BCUT2D eigenvalue weighted by molar-refractivity contribution is -0.128. The Hall–Kier alpha value is -1.92. The third kappa shape index (κ3) is 3.34. The van der Waals surface area contributed by atoms with Gasteiger partial charge in [-0.2, -0.15) is 0 Å². The summed E-state index contributed by atoms with van der Waals surface area (Å²) in [5.41, 5.74) is 1.79. The number of hydrogen-bond donors (Lipinski definition) is 2. The van der Waals surface area contributed by atoms with Gasteiger partial charge in [-0.15, -0.1) is 0 Å². The monoisotopic (exact) mass is 278 g/mol.